The highest BCUT2D eigenvalue weighted by Crippen LogP contribution is 2.33. The van der Waals surface area contributed by atoms with Gasteiger partial charge in [-0.15, -0.1) is 0 Å². The zero-order valence-electron chi connectivity index (χ0n) is 12.3. The van der Waals surface area contributed by atoms with Crippen LogP contribution in [0.25, 0.3) is 0 Å². The lowest BCUT2D eigenvalue weighted by Gasteiger charge is -2.27. The van der Waals surface area contributed by atoms with Crippen LogP contribution >= 0.6 is 0 Å². The number of nitrogen functional groups attached to an aromatic ring is 1. The minimum atomic E-state index is -0.549. The van der Waals surface area contributed by atoms with E-state index in [-0.39, 0.29) is 23.3 Å². The van der Waals surface area contributed by atoms with Crippen LogP contribution in [0.3, 0.4) is 0 Å². The summed E-state index contributed by atoms with van der Waals surface area (Å²) in [5.74, 6) is 0.273. The zero-order chi connectivity index (χ0) is 16.2. The van der Waals surface area contributed by atoms with Crippen molar-refractivity contribution in [2.75, 3.05) is 42.3 Å². The Morgan fingerprint density at radius 1 is 1.22 bits per heavy atom. The maximum atomic E-state index is 11.3. The Morgan fingerprint density at radius 3 is 2.57 bits per heavy atom. The molecule has 0 bridgehead atoms. The van der Waals surface area contributed by atoms with E-state index >= 15 is 0 Å². The van der Waals surface area contributed by atoms with Gasteiger partial charge in [0.1, 0.15) is 0 Å². The van der Waals surface area contributed by atoms with Crippen molar-refractivity contribution in [1.82, 2.24) is 9.97 Å². The molecule has 1 aromatic heterocycles. The first kappa shape index (κ1) is 15.0. The lowest BCUT2D eigenvalue weighted by atomic mass is 10.3. The summed E-state index contributed by atoms with van der Waals surface area (Å²) in [6.45, 7) is 2.01. The van der Waals surface area contributed by atoms with Gasteiger partial charge in [0, 0.05) is 18.8 Å². The Bertz CT molecular complexity index is 703. The highest BCUT2D eigenvalue weighted by molar-refractivity contribution is 5.72. The molecule has 9 nitrogen and oxygen atoms in total. The van der Waals surface area contributed by atoms with Gasteiger partial charge >= 0.3 is 5.69 Å². The van der Waals surface area contributed by atoms with Crippen molar-refractivity contribution in [1.29, 1.82) is 0 Å². The molecule has 0 unspecified atom stereocenters. The maximum absolute atomic E-state index is 11.3. The highest BCUT2D eigenvalue weighted by atomic mass is 16.6. The van der Waals surface area contributed by atoms with Crippen LogP contribution in [0.2, 0.25) is 0 Å². The number of anilines is 4. The van der Waals surface area contributed by atoms with Crippen molar-refractivity contribution in [3.05, 3.63) is 40.4 Å². The molecule has 120 valence electrons. The van der Waals surface area contributed by atoms with Crippen molar-refractivity contribution in [2.24, 2.45) is 0 Å². The molecule has 2 aromatic rings. The van der Waals surface area contributed by atoms with Crippen LogP contribution in [-0.2, 0) is 4.74 Å². The van der Waals surface area contributed by atoms with Gasteiger partial charge in [-0.3, -0.25) is 10.1 Å². The summed E-state index contributed by atoms with van der Waals surface area (Å²) in [4.78, 5) is 20.9. The van der Waals surface area contributed by atoms with Gasteiger partial charge in [-0.25, -0.2) is 0 Å². The molecule has 1 saturated heterocycles. The Kier molecular flexibility index (Phi) is 4.20. The Labute approximate surface area is 132 Å². The van der Waals surface area contributed by atoms with E-state index in [0.29, 0.717) is 26.3 Å². The van der Waals surface area contributed by atoms with E-state index in [9.17, 15) is 10.1 Å². The number of ether oxygens (including phenoxy) is 1. The predicted octanol–water partition coefficient (Wildman–Crippen LogP) is 1.55. The van der Waals surface area contributed by atoms with Crippen molar-refractivity contribution >= 4 is 29.0 Å². The highest BCUT2D eigenvalue weighted by Gasteiger charge is 2.28. The SMILES string of the molecule is Nc1nc(Nc2ccccc2)nc(N2CCOCC2)c1[N+](=O)[O-]. The normalized spacial score (nSPS) is 14.5. The fourth-order valence-electron chi connectivity index (χ4n) is 2.34. The molecule has 1 aromatic carbocycles. The first-order valence-corrected chi connectivity index (χ1v) is 7.12. The average Bonchev–Trinajstić information content (AvgIpc) is 2.55. The molecule has 3 rings (SSSR count). The fourth-order valence-corrected chi connectivity index (χ4v) is 2.34. The first-order valence-electron chi connectivity index (χ1n) is 7.12. The molecule has 1 fully saturated rings. The molecular weight excluding hydrogens is 300 g/mol. The number of hydrogen-bond acceptors (Lipinski definition) is 8. The number of nitrogens with zero attached hydrogens (tertiary/aromatic N) is 4. The van der Waals surface area contributed by atoms with E-state index in [1.807, 2.05) is 30.3 Å². The van der Waals surface area contributed by atoms with E-state index in [2.05, 4.69) is 15.3 Å². The molecule has 23 heavy (non-hydrogen) atoms. The molecule has 1 aliphatic heterocycles. The number of morpholine rings is 1. The van der Waals surface area contributed by atoms with Gasteiger partial charge in [0.25, 0.3) is 0 Å². The van der Waals surface area contributed by atoms with Gasteiger partial charge in [0.15, 0.2) is 0 Å². The third kappa shape index (κ3) is 3.29. The quantitative estimate of drug-likeness (QED) is 0.644. The maximum Gasteiger partial charge on any atom is 0.353 e. The number of hydrogen-bond donors (Lipinski definition) is 2. The van der Waals surface area contributed by atoms with Crippen LogP contribution in [0.5, 0.6) is 0 Å². The summed E-state index contributed by atoms with van der Waals surface area (Å²) in [6.07, 6.45) is 0. The van der Waals surface area contributed by atoms with Crippen LogP contribution < -0.4 is 16.0 Å². The summed E-state index contributed by atoms with van der Waals surface area (Å²) < 4.78 is 5.28. The van der Waals surface area contributed by atoms with E-state index in [0.717, 1.165) is 5.69 Å². The molecule has 0 atom stereocenters. The molecule has 0 amide bonds. The molecule has 0 aliphatic carbocycles. The second kappa shape index (κ2) is 6.44. The number of rotatable bonds is 4. The van der Waals surface area contributed by atoms with Crippen molar-refractivity contribution in [3.8, 4) is 0 Å². The number of nitro groups is 1. The Morgan fingerprint density at radius 2 is 1.91 bits per heavy atom. The van der Waals surface area contributed by atoms with Gasteiger partial charge in [0.2, 0.25) is 17.6 Å². The van der Waals surface area contributed by atoms with Gasteiger partial charge in [0.05, 0.1) is 18.1 Å². The minimum absolute atomic E-state index is 0.162. The third-order valence-electron chi connectivity index (χ3n) is 3.42. The fraction of sp³-hybridized carbons (Fsp3) is 0.286. The average molecular weight is 316 g/mol. The summed E-state index contributed by atoms with van der Waals surface area (Å²) in [7, 11) is 0. The van der Waals surface area contributed by atoms with E-state index < -0.39 is 4.92 Å². The van der Waals surface area contributed by atoms with Gasteiger partial charge in [-0.1, -0.05) is 18.2 Å². The van der Waals surface area contributed by atoms with Crippen molar-refractivity contribution in [3.63, 3.8) is 0 Å². The number of benzene rings is 1. The number of aromatic nitrogens is 2. The molecular formula is C14H16N6O3. The summed E-state index contributed by atoms with van der Waals surface area (Å²) in [5.41, 5.74) is 6.29. The molecule has 0 saturated carbocycles. The molecule has 3 N–H and O–H groups in total. The van der Waals surface area contributed by atoms with Crippen LogP contribution in [0.15, 0.2) is 30.3 Å². The van der Waals surface area contributed by atoms with Crippen molar-refractivity contribution < 1.29 is 9.66 Å². The van der Waals surface area contributed by atoms with Crippen LogP contribution in [0.1, 0.15) is 0 Å². The largest absolute Gasteiger partial charge is 0.378 e. The lowest BCUT2D eigenvalue weighted by Crippen LogP contribution is -2.37. The standard InChI is InChI=1S/C14H16N6O3/c15-12-11(20(21)22)13(19-6-8-23-9-7-19)18-14(17-12)16-10-4-2-1-3-5-10/h1-5H,6-9H2,(H3,15,16,17,18). The van der Waals surface area contributed by atoms with Gasteiger partial charge < -0.3 is 20.7 Å². The van der Waals surface area contributed by atoms with E-state index in [1.54, 1.807) is 4.90 Å². The zero-order valence-corrected chi connectivity index (χ0v) is 12.3. The van der Waals surface area contributed by atoms with Crippen LogP contribution in [0, 0.1) is 10.1 Å². The summed E-state index contributed by atoms with van der Waals surface area (Å²) >= 11 is 0. The van der Waals surface area contributed by atoms with Gasteiger partial charge in [-0.05, 0) is 12.1 Å². The van der Waals surface area contributed by atoms with E-state index in [4.69, 9.17) is 10.5 Å². The number of para-hydroxylation sites is 1. The second-order valence-electron chi connectivity index (χ2n) is 4.95. The smallest absolute Gasteiger partial charge is 0.353 e. The monoisotopic (exact) mass is 316 g/mol. The second-order valence-corrected chi connectivity index (χ2v) is 4.95. The Hall–Kier alpha value is -2.94. The number of nitrogens with two attached hydrogens (primary N) is 1. The molecule has 1 aliphatic rings. The van der Waals surface area contributed by atoms with Crippen molar-refractivity contribution in [2.45, 2.75) is 0 Å². The van der Waals surface area contributed by atoms with Crippen LogP contribution in [-0.4, -0.2) is 41.2 Å². The van der Waals surface area contributed by atoms with Crippen LogP contribution in [0.4, 0.5) is 29.0 Å². The predicted molar refractivity (Wildman–Crippen MR) is 85.9 cm³/mol. The lowest BCUT2D eigenvalue weighted by molar-refractivity contribution is -0.383. The molecule has 9 heteroatoms. The molecule has 2 heterocycles. The molecule has 0 spiro atoms. The van der Waals surface area contributed by atoms with Gasteiger partial charge in [-0.2, -0.15) is 9.97 Å². The first-order chi connectivity index (χ1) is 11.1. The minimum Gasteiger partial charge on any atom is -0.378 e. The summed E-state index contributed by atoms with van der Waals surface area (Å²) in [5, 5.41) is 14.3. The number of nitrogens with one attached hydrogen (secondary N) is 1. The summed E-state index contributed by atoms with van der Waals surface area (Å²) in [6, 6.07) is 9.29. The topological polar surface area (TPSA) is 119 Å². The third-order valence-corrected chi connectivity index (χ3v) is 3.42. The van der Waals surface area contributed by atoms with E-state index in [1.165, 1.54) is 0 Å². The Balaban J connectivity index is 1.98. The molecule has 0 radical (unpaired) electrons.